The van der Waals surface area contributed by atoms with Gasteiger partial charge in [0.25, 0.3) is 0 Å². The summed E-state index contributed by atoms with van der Waals surface area (Å²) in [5.41, 5.74) is 3.41. The van der Waals surface area contributed by atoms with Gasteiger partial charge in [-0.25, -0.2) is 4.98 Å². The number of aromatic nitrogens is 1. The molecule has 1 aliphatic rings. The van der Waals surface area contributed by atoms with Crippen LogP contribution in [0.4, 0.5) is 0 Å². The maximum Gasteiger partial charge on any atom is 0.221 e. The zero-order valence-corrected chi connectivity index (χ0v) is 17.6. The van der Waals surface area contributed by atoms with Gasteiger partial charge in [0.1, 0.15) is 25.7 Å². The van der Waals surface area contributed by atoms with E-state index in [-0.39, 0.29) is 11.9 Å². The summed E-state index contributed by atoms with van der Waals surface area (Å²) in [4.78, 5) is 18.9. The summed E-state index contributed by atoms with van der Waals surface area (Å²) in [7, 11) is 0. The lowest BCUT2D eigenvalue weighted by Gasteiger charge is -2.28. The van der Waals surface area contributed by atoms with Crippen molar-refractivity contribution in [2.75, 3.05) is 32.8 Å². The number of ether oxygens (including phenoxy) is 1. The normalized spacial score (nSPS) is 16.0. The molecule has 0 radical (unpaired) electrons. The molecule has 2 aromatic carbocycles. The number of thiazole rings is 1. The fourth-order valence-corrected chi connectivity index (χ4v) is 4.68. The predicted molar refractivity (Wildman–Crippen MR) is 116 cm³/mol. The molecule has 1 amide bonds. The second kappa shape index (κ2) is 9.48. The van der Waals surface area contributed by atoms with Gasteiger partial charge in [-0.15, -0.1) is 11.3 Å². The van der Waals surface area contributed by atoms with Crippen molar-refractivity contribution in [1.29, 1.82) is 0 Å². The van der Waals surface area contributed by atoms with E-state index in [2.05, 4.69) is 47.6 Å². The van der Waals surface area contributed by atoms with Crippen LogP contribution in [0.25, 0.3) is 10.2 Å². The highest BCUT2D eigenvalue weighted by Crippen LogP contribution is 2.22. The molecule has 0 saturated carbocycles. The van der Waals surface area contributed by atoms with Gasteiger partial charge in [-0.2, -0.15) is 0 Å². The van der Waals surface area contributed by atoms with Crippen LogP contribution in [0.2, 0.25) is 0 Å². The average Bonchev–Trinajstić information content (AvgIpc) is 3.16. The first-order valence-electron chi connectivity index (χ1n) is 10.3. The molecule has 1 saturated heterocycles. The monoisotopic (exact) mass is 410 g/mol. The molecule has 1 aromatic heterocycles. The van der Waals surface area contributed by atoms with Crippen LogP contribution in [0.15, 0.2) is 48.5 Å². The fourth-order valence-electron chi connectivity index (χ4n) is 3.72. The summed E-state index contributed by atoms with van der Waals surface area (Å²) in [5.74, 6) is 0.0856. The largest absolute Gasteiger partial charge is 0.370 e. The van der Waals surface area contributed by atoms with Gasteiger partial charge in [-0.05, 0) is 24.6 Å². The maximum absolute atomic E-state index is 12.8. The van der Waals surface area contributed by atoms with Crippen LogP contribution in [0.5, 0.6) is 0 Å². The molecule has 1 fully saturated rings. The molecule has 0 unspecified atom stereocenters. The SMILES string of the molecule is Cc1ccc([C@@H](C[NH+]2CCOCC2)NC(=O)CCc2nc3ccccc3s2)cc1. The molecular weight excluding hydrogens is 382 g/mol. The summed E-state index contributed by atoms with van der Waals surface area (Å²) in [6, 6.07) is 16.6. The minimum Gasteiger partial charge on any atom is -0.370 e. The third kappa shape index (κ3) is 5.41. The highest BCUT2D eigenvalue weighted by Gasteiger charge is 2.23. The van der Waals surface area contributed by atoms with Crippen molar-refractivity contribution >= 4 is 27.5 Å². The van der Waals surface area contributed by atoms with E-state index in [1.165, 1.54) is 20.7 Å². The number of fused-ring (bicyclic) bond motifs is 1. The molecule has 0 spiro atoms. The van der Waals surface area contributed by atoms with E-state index < -0.39 is 0 Å². The molecule has 2 heterocycles. The van der Waals surface area contributed by atoms with Gasteiger partial charge >= 0.3 is 0 Å². The molecule has 152 valence electrons. The highest BCUT2D eigenvalue weighted by atomic mass is 32.1. The van der Waals surface area contributed by atoms with Crippen LogP contribution in [0, 0.1) is 6.92 Å². The minimum atomic E-state index is 0.0200. The van der Waals surface area contributed by atoms with Gasteiger partial charge in [0, 0.05) is 12.8 Å². The Morgan fingerprint density at radius 3 is 2.69 bits per heavy atom. The predicted octanol–water partition coefficient (Wildman–Crippen LogP) is 2.31. The van der Waals surface area contributed by atoms with E-state index in [9.17, 15) is 4.79 Å². The third-order valence-electron chi connectivity index (χ3n) is 5.41. The lowest BCUT2D eigenvalue weighted by atomic mass is 10.0. The topological polar surface area (TPSA) is 55.7 Å². The molecule has 29 heavy (non-hydrogen) atoms. The van der Waals surface area contributed by atoms with Crippen LogP contribution in [-0.4, -0.2) is 43.7 Å². The van der Waals surface area contributed by atoms with E-state index in [1.54, 1.807) is 11.3 Å². The summed E-state index contributed by atoms with van der Waals surface area (Å²) in [6.07, 6.45) is 1.14. The van der Waals surface area contributed by atoms with Crippen LogP contribution in [0.3, 0.4) is 0 Å². The smallest absolute Gasteiger partial charge is 0.221 e. The van der Waals surface area contributed by atoms with Gasteiger partial charge in [-0.3, -0.25) is 4.79 Å². The Balaban J connectivity index is 1.39. The van der Waals surface area contributed by atoms with Crippen molar-refractivity contribution < 1.29 is 14.4 Å². The van der Waals surface area contributed by atoms with Crippen LogP contribution in [-0.2, 0) is 16.0 Å². The molecule has 4 rings (SSSR count). The van der Waals surface area contributed by atoms with Gasteiger partial charge < -0.3 is 15.0 Å². The number of morpholine rings is 1. The van der Waals surface area contributed by atoms with E-state index >= 15 is 0 Å². The number of hydrogen-bond acceptors (Lipinski definition) is 4. The van der Waals surface area contributed by atoms with Crippen molar-refractivity contribution in [2.45, 2.75) is 25.8 Å². The van der Waals surface area contributed by atoms with Crippen molar-refractivity contribution in [3.8, 4) is 0 Å². The maximum atomic E-state index is 12.8. The zero-order valence-electron chi connectivity index (χ0n) is 16.8. The first-order chi connectivity index (χ1) is 14.2. The second-order valence-corrected chi connectivity index (χ2v) is 8.79. The quantitative estimate of drug-likeness (QED) is 0.629. The fraction of sp³-hybridized carbons (Fsp3) is 0.391. The number of nitrogens with one attached hydrogen (secondary N) is 2. The van der Waals surface area contributed by atoms with Gasteiger partial charge in [-0.1, -0.05) is 42.0 Å². The lowest BCUT2D eigenvalue weighted by Crippen LogP contribution is -3.14. The summed E-state index contributed by atoms with van der Waals surface area (Å²) >= 11 is 1.68. The van der Waals surface area contributed by atoms with Gasteiger partial charge in [0.15, 0.2) is 0 Å². The molecule has 3 aromatic rings. The van der Waals surface area contributed by atoms with Gasteiger partial charge in [0.05, 0.1) is 28.4 Å². The van der Waals surface area contributed by atoms with Crippen LogP contribution < -0.4 is 10.2 Å². The molecule has 1 aliphatic heterocycles. The number of benzene rings is 2. The average molecular weight is 411 g/mol. The third-order valence-corrected chi connectivity index (χ3v) is 6.51. The Hall–Kier alpha value is -2.28. The Bertz CT molecular complexity index is 915. The van der Waals surface area contributed by atoms with Crippen molar-refractivity contribution in [2.24, 2.45) is 0 Å². The Morgan fingerprint density at radius 2 is 1.93 bits per heavy atom. The number of rotatable bonds is 7. The zero-order chi connectivity index (χ0) is 20.1. The van der Waals surface area contributed by atoms with Crippen LogP contribution >= 0.6 is 11.3 Å². The first kappa shape index (κ1) is 20.0. The number of quaternary nitrogens is 1. The number of nitrogens with zero attached hydrogens (tertiary/aromatic N) is 1. The highest BCUT2D eigenvalue weighted by molar-refractivity contribution is 7.18. The van der Waals surface area contributed by atoms with E-state index in [0.29, 0.717) is 12.8 Å². The molecule has 6 heteroatoms. The van der Waals surface area contributed by atoms with E-state index in [1.807, 2.05) is 18.2 Å². The molecule has 2 N–H and O–H groups in total. The molecule has 0 aliphatic carbocycles. The molecular formula is C23H28N3O2S+. The van der Waals surface area contributed by atoms with Crippen molar-refractivity contribution in [3.63, 3.8) is 0 Å². The number of carbonyl (C=O) groups is 1. The number of carbonyl (C=O) groups excluding carboxylic acids is 1. The van der Waals surface area contributed by atoms with E-state index in [4.69, 9.17) is 4.74 Å². The minimum absolute atomic E-state index is 0.0200. The number of hydrogen-bond donors (Lipinski definition) is 2. The van der Waals surface area contributed by atoms with Crippen LogP contribution in [0.1, 0.15) is 28.6 Å². The number of amides is 1. The summed E-state index contributed by atoms with van der Waals surface area (Å²) in [5, 5.41) is 4.30. The molecule has 5 nitrogen and oxygen atoms in total. The van der Waals surface area contributed by atoms with Gasteiger partial charge in [0.2, 0.25) is 5.91 Å². The Kier molecular flexibility index (Phi) is 6.54. The van der Waals surface area contributed by atoms with E-state index in [0.717, 1.165) is 43.4 Å². The second-order valence-electron chi connectivity index (χ2n) is 7.67. The molecule has 1 atom stereocenters. The summed E-state index contributed by atoms with van der Waals surface area (Å²) in [6.45, 7) is 6.54. The molecule has 0 bridgehead atoms. The van der Waals surface area contributed by atoms with Crippen molar-refractivity contribution in [1.82, 2.24) is 10.3 Å². The van der Waals surface area contributed by atoms with Crippen molar-refractivity contribution in [3.05, 3.63) is 64.7 Å². The number of aryl methyl sites for hydroxylation is 2. The standard InChI is InChI=1S/C23H27N3O2S/c1-17-6-8-18(9-7-17)20(16-26-12-14-28-15-13-26)24-22(27)10-11-23-25-19-4-2-3-5-21(19)29-23/h2-9,20H,10-16H2,1H3,(H,24,27)/p+1/t20-/m1/s1. The Labute approximate surface area is 175 Å². The summed E-state index contributed by atoms with van der Waals surface area (Å²) < 4.78 is 6.66. The number of para-hydroxylation sites is 1. The lowest BCUT2D eigenvalue weighted by molar-refractivity contribution is -0.909. The first-order valence-corrected chi connectivity index (χ1v) is 11.1. The Morgan fingerprint density at radius 1 is 1.17 bits per heavy atom.